The Morgan fingerprint density at radius 1 is 1.38 bits per heavy atom. The summed E-state index contributed by atoms with van der Waals surface area (Å²) in [5.41, 5.74) is -0.496. The molecular weight excluding hydrogens is 206 g/mol. The summed E-state index contributed by atoms with van der Waals surface area (Å²) >= 11 is 0. The SMILES string of the molecule is CCC(CC=O)N(CC)C(=O)OC(C)(C)C. The second-order valence-electron chi connectivity index (χ2n) is 4.73. The van der Waals surface area contributed by atoms with Gasteiger partial charge in [-0.25, -0.2) is 4.79 Å². The molecule has 0 spiro atoms. The molecule has 1 unspecified atom stereocenters. The van der Waals surface area contributed by atoms with Crippen molar-refractivity contribution < 1.29 is 14.3 Å². The van der Waals surface area contributed by atoms with Gasteiger partial charge in [-0.1, -0.05) is 6.92 Å². The third-order valence-electron chi connectivity index (χ3n) is 2.25. The highest BCUT2D eigenvalue weighted by Gasteiger charge is 2.25. The van der Waals surface area contributed by atoms with Gasteiger partial charge in [0, 0.05) is 19.0 Å². The molecule has 0 fully saturated rings. The minimum atomic E-state index is -0.496. The number of aldehydes is 1. The molecule has 0 aromatic rings. The maximum atomic E-state index is 11.9. The predicted molar refractivity (Wildman–Crippen MR) is 63.4 cm³/mol. The molecule has 94 valence electrons. The zero-order valence-electron chi connectivity index (χ0n) is 10.9. The lowest BCUT2D eigenvalue weighted by Crippen LogP contribution is -2.43. The average Bonchev–Trinajstić information content (AvgIpc) is 2.14. The number of carbonyl (C=O) groups excluding carboxylic acids is 2. The first-order valence-electron chi connectivity index (χ1n) is 5.79. The fourth-order valence-corrected chi connectivity index (χ4v) is 1.48. The van der Waals surface area contributed by atoms with Crippen LogP contribution in [0.2, 0.25) is 0 Å². The second kappa shape index (κ2) is 6.51. The van der Waals surface area contributed by atoms with Gasteiger partial charge in [0.25, 0.3) is 0 Å². The third kappa shape index (κ3) is 5.14. The van der Waals surface area contributed by atoms with Gasteiger partial charge >= 0.3 is 6.09 Å². The molecule has 0 aliphatic rings. The maximum absolute atomic E-state index is 11.9. The smallest absolute Gasteiger partial charge is 0.410 e. The molecule has 0 N–H and O–H groups in total. The van der Waals surface area contributed by atoms with E-state index in [1.165, 1.54) is 0 Å². The van der Waals surface area contributed by atoms with E-state index >= 15 is 0 Å². The summed E-state index contributed by atoms with van der Waals surface area (Å²) < 4.78 is 5.29. The molecule has 0 saturated carbocycles. The molecule has 16 heavy (non-hydrogen) atoms. The van der Waals surface area contributed by atoms with Gasteiger partial charge < -0.3 is 14.4 Å². The molecule has 0 aliphatic heterocycles. The summed E-state index contributed by atoms with van der Waals surface area (Å²) in [6.07, 6.45) is 1.63. The minimum absolute atomic E-state index is 0.0580. The maximum Gasteiger partial charge on any atom is 0.410 e. The summed E-state index contributed by atoms with van der Waals surface area (Å²) in [5.74, 6) is 0. The molecule has 0 radical (unpaired) electrons. The fourth-order valence-electron chi connectivity index (χ4n) is 1.48. The van der Waals surface area contributed by atoms with Crippen LogP contribution < -0.4 is 0 Å². The van der Waals surface area contributed by atoms with Crippen LogP contribution in [0, 0.1) is 0 Å². The van der Waals surface area contributed by atoms with Gasteiger partial charge in [0.15, 0.2) is 0 Å². The number of nitrogens with zero attached hydrogens (tertiary/aromatic N) is 1. The van der Waals surface area contributed by atoms with E-state index < -0.39 is 5.60 Å². The van der Waals surface area contributed by atoms with Gasteiger partial charge in [-0.2, -0.15) is 0 Å². The molecule has 0 rings (SSSR count). The monoisotopic (exact) mass is 229 g/mol. The molecule has 0 bridgehead atoms. The van der Waals surface area contributed by atoms with Crippen LogP contribution in [-0.2, 0) is 9.53 Å². The van der Waals surface area contributed by atoms with E-state index in [1.54, 1.807) is 4.90 Å². The Balaban J connectivity index is 4.57. The number of hydrogen-bond acceptors (Lipinski definition) is 3. The molecule has 0 saturated heterocycles. The van der Waals surface area contributed by atoms with E-state index in [-0.39, 0.29) is 12.1 Å². The summed E-state index contributed by atoms with van der Waals surface area (Å²) in [6, 6.07) is -0.0580. The Bertz CT molecular complexity index is 233. The van der Waals surface area contributed by atoms with Crippen LogP contribution in [0.15, 0.2) is 0 Å². The van der Waals surface area contributed by atoms with Crippen molar-refractivity contribution in [2.75, 3.05) is 6.54 Å². The number of rotatable bonds is 5. The van der Waals surface area contributed by atoms with Crippen molar-refractivity contribution in [3.8, 4) is 0 Å². The Morgan fingerprint density at radius 2 is 1.94 bits per heavy atom. The highest BCUT2D eigenvalue weighted by Crippen LogP contribution is 2.14. The molecule has 0 heterocycles. The Hall–Kier alpha value is -1.06. The summed E-state index contributed by atoms with van der Waals surface area (Å²) in [6.45, 7) is 9.90. The molecule has 0 aromatic heterocycles. The molecule has 0 aliphatic carbocycles. The summed E-state index contributed by atoms with van der Waals surface area (Å²) in [4.78, 5) is 24.0. The average molecular weight is 229 g/mol. The van der Waals surface area contributed by atoms with E-state index in [1.807, 2.05) is 34.6 Å². The van der Waals surface area contributed by atoms with E-state index in [0.717, 1.165) is 12.7 Å². The lowest BCUT2D eigenvalue weighted by atomic mass is 10.1. The van der Waals surface area contributed by atoms with E-state index in [9.17, 15) is 9.59 Å². The number of ether oxygens (including phenoxy) is 1. The first kappa shape index (κ1) is 14.9. The van der Waals surface area contributed by atoms with E-state index in [4.69, 9.17) is 4.74 Å². The third-order valence-corrected chi connectivity index (χ3v) is 2.25. The molecule has 1 amide bonds. The van der Waals surface area contributed by atoms with Crippen LogP contribution in [0.4, 0.5) is 4.79 Å². The Kier molecular flexibility index (Phi) is 6.08. The quantitative estimate of drug-likeness (QED) is 0.681. The van der Waals surface area contributed by atoms with Crippen LogP contribution in [0.25, 0.3) is 0 Å². The van der Waals surface area contributed by atoms with Crippen molar-refractivity contribution in [3.05, 3.63) is 0 Å². The van der Waals surface area contributed by atoms with Gasteiger partial charge in [-0.15, -0.1) is 0 Å². The van der Waals surface area contributed by atoms with Crippen molar-refractivity contribution >= 4 is 12.4 Å². The normalized spacial score (nSPS) is 13.1. The van der Waals surface area contributed by atoms with Crippen LogP contribution in [-0.4, -0.2) is 35.5 Å². The van der Waals surface area contributed by atoms with E-state index in [2.05, 4.69) is 0 Å². The second-order valence-corrected chi connectivity index (χ2v) is 4.73. The molecule has 4 heteroatoms. The van der Waals surface area contributed by atoms with Gasteiger partial charge in [-0.3, -0.25) is 0 Å². The van der Waals surface area contributed by atoms with Crippen molar-refractivity contribution in [1.82, 2.24) is 4.90 Å². The number of amides is 1. The lowest BCUT2D eigenvalue weighted by molar-refractivity contribution is -0.108. The standard InChI is InChI=1S/C12H23NO3/c1-6-10(8-9-14)13(7-2)11(15)16-12(3,4)5/h9-10H,6-8H2,1-5H3. The van der Waals surface area contributed by atoms with E-state index in [0.29, 0.717) is 13.0 Å². The lowest BCUT2D eigenvalue weighted by Gasteiger charge is -2.31. The van der Waals surface area contributed by atoms with Gasteiger partial charge in [0.2, 0.25) is 0 Å². The van der Waals surface area contributed by atoms with Crippen molar-refractivity contribution in [2.24, 2.45) is 0 Å². The topological polar surface area (TPSA) is 46.6 Å². The fraction of sp³-hybridized carbons (Fsp3) is 0.833. The van der Waals surface area contributed by atoms with Gasteiger partial charge in [0.1, 0.15) is 11.9 Å². The Labute approximate surface area is 98.0 Å². The predicted octanol–water partition coefficient (Wildman–Crippen LogP) is 2.61. The van der Waals surface area contributed by atoms with Gasteiger partial charge in [0.05, 0.1) is 0 Å². The number of carbonyl (C=O) groups is 2. The molecular formula is C12H23NO3. The Morgan fingerprint density at radius 3 is 2.25 bits per heavy atom. The summed E-state index contributed by atoms with van der Waals surface area (Å²) in [5, 5.41) is 0. The van der Waals surface area contributed by atoms with Crippen LogP contribution in [0.1, 0.15) is 47.5 Å². The number of hydrogen-bond donors (Lipinski definition) is 0. The first-order valence-corrected chi connectivity index (χ1v) is 5.79. The van der Waals surface area contributed by atoms with Crippen LogP contribution in [0.5, 0.6) is 0 Å². The zero-order valence-corrected chi connectivity index (χ0v) is 10.9. The molecule has 4 nitrogen and oxygen atoms in total. The molecule has 0 aromatic carbocycles. The van der Waals surface area contributed by atoms with Crippen molar-refractivity contribution in [1.29, 1.82) is 0 Å². The largest absolute Gasteiger partial charge is 0.444 e. The van der Waals surface area contributed by atoms with Crippen molar-refractivity contribution in [3.63, 3.8) is 0 Å². The summed E-state index contributed by atoms with van der Waals surface area (Å²) in [7, 11) is 0. The highest BCUT2D eigenvalue weighted by molar-refractivity contribution is 5.69. The van der Waals surface area contributed by atoms with Crippen LogP contribution in [0.3, 0.4) is 0 Å². The first-order chi connectivity index (χ1) is 7.35. The molecule has 1 atom stereocenters. The minimum Gasteiger partial charge on any atom is -0.444 e. The zero-order chi connectivity index (χ0) is 12.8. The van der Waals surface area contributed by atoms with Crippen LogP contribution >= 0.6 is 0 Å². The highest BCUT2D eigenvalue weighted by atomic mass is 16.6. The van der Waals surface area contributed by atoms with Gasteiger partial charge in [-0.05, 0) is 34.1 Å². The van der Waals surface area contributed by atoms with Crippen molar-refractivity contribution in [2.45, 2.75) is 59.1 Å².